The molecule has 33 heavy (non-hydrogen) atoms. The van der Waals surface area contributed by atoms with Crippen LogP contribution >= 0.6 is 0 Å². The van der Waals surface area contributed by atoms with Crippen LogP contribution in [0.4, 0.5) is 4.39 Å². The topological polar surface area (TPSA) is 137 Å². The summed E-state index contributed by atoms with van der Waals surface area (Å²) in [6.07, 6.45) is 1.15. The summed E-state index contributed by atoms with van der Waals surface area (Å²) in [5.41, 5.74) is 5.95. The molecule has 0 saturated carbocycles. The largest absolute Gasteiger partial charge is 0.368 e. The Morgan fingerprint density at radius 1 is 1.33 bits per heavy atom. The van der Waals surface area contributed by atoms with E-state index in [0.717, 1.165) is 0 Å². The quantitative estimate of drug-likeness (QED) is 0.463. The van der Waals surface area contributed by atoms with Gasteiger partial charge in [-0.05, 0) is 31.0 Å². The van der Waals surface area contributed by atoms with Gasteiger partial charge < -0.3 is 26.3 Å². The lowest BCUT2D eigenvalue weighted by Crippen LogP contribution is -2.52. The summed E-state index contributed by atoms with van der Waals surface area (Å²) < 4.78 is 14.1. The lowest BCUT2D eigenvalue weighted by molar-refractivity contribution is -0.130. The standard InChI is InChI=1S/C22H28FN5O4Si/c1-33(2)10-17(21(31)27-15(19(24)29)9-13-6-7-25-20(13)30)28(11-33)22(32)16-8-12-4-3-5-14(23)18(12)26-16/h3-5,8,13,15,17,26H,6-7,9-11H2,1-2H3,(H2,24,29)(H,25,30)(H,27,31)/t13-,15-,17-/m0/s1. The molecule has 2 aliphatic rings. The van der Waals surface area contributed by atoms with E-state index in [4.69, 9.17) is 5.73 Å². The molecule has 0 radical (unpaired) electrons. The molecule has 2 aliphatic heterocycles. The van der Waals surface area contributed by atoms with Gasteiger partial charge in [-0.15, -0.1) is 0 Å². The van der Waals surface area contributed by atoms with Crippen molar-refractivity contribution < 1.29 is 23.6 Å². The van der Waals surface area contributed by atoms with Gasteiger partial charge in [0.2, 0.25) is 17.7 Å². The molecule has 2 fully saturated rings. The molecule has 9 nitrogen and oxygen atoms in total. The summed E-state index contributed by atoms with van der Waals surface area (Å²) in [6, 6.07) is 4.91. The molecule has 11 heteroatoms. The van der Waals surface area contributed by atoms with Crippen molar-refractivity contribution in [1.82, 2.24) is 20.5 Å². The minimum atomic E-state index is -1.92. The average Bonchev–Trinajstić information content (AvgIpc) is 3.44. The van der Waals surface area contributed by atoms with Gasteiger partial charge in [-0.3, -0.25) is 19.2 Å². The Labute approximate surface area is 191 Å². The number of amides is 4. The molecule has 4 rings (SSSR count). The molecular formula is C22H28FN5O4Si. The number of benzene rings is 1. The molecular weight excluding hydrogens is 445 g/mol. The van der Waals surface area contributed by atoms with Crippen LogP contribution in [0.2, 0.25) is 19.1 Å². The molecule has 0 spiro atoms. The Hall–Kier alpha value is -3.21. The number of rotatable bonds is 6. The maximum atomic E-state index is 14.1. The Balaban J connectivity index is 1.54. The van der Waals surface area contributed by atoms with Crippen LogP contribution in [0.25, 0.3) is 10.9 Å². The Morgan fingerprint density at radius 2 is 2.09 bits per heavy atom. The molecule has 5 N–H and O–H groups in total. The van der Waals surface area contributed by atoms with E-state index in [0.29, 0.717) is 30.6 Å². The molecule has 0 aliphatic carbocycles. The van der Waals surface area contributed by atoms with Crippen molar-refractivity contribution >= 4 is 42.6 Å². The van der Waals surface area contributed by atoms with E-state index in [1.54, 1.807) is 18.2 Å². The second-order valence-corrected chi connectivity index (χ2v) is 14.7. The first-order chi connectivity index (χ1) is 15.6. The number of nitrogens with two attached hydrogens (primary N) is 1. The third-order valence-corrected chi connectivity index (χ3v) is 9.15. The summed E-state index contributed by atoms with van der Waals surface area (Å²) >= 11 is 0. The van der Waals surface area contributed by atoms with Crippen molar-refractivity contribution in [2.45, 2.75) is 44.1 Å². The summed E-state index contributed by atoms with van der Waals surface area (Å²) in [6.45, 7) is 4.69. The van der Waals surface area contributed by atoms with Crippen molar-refractivity contribution in [3.05, 3.63) is 35.8 Å². The Bertz CT molecular complexity index is 1130. The number of nitrogens with one attached hydrogen (secondary N) is 3. The molecule has 1 aromatic heterocycles. The highest BCUT2D eigenvalue weighted by molar-refractivity contribution is 6.79. The van der Waals surface area contributed by atoms with Crippen molar-refractivity contribution in [3.63, 3.8) is 0 Å². The number of nitrogens with zero attached hydrogens (tertiary/aromatic N) is 1. The van der Waals surface area contributed by atoms with E-state index in [9.17, 15) is 23.6 Å². The SMILES string of the molecule is C[Si]1(C)C[C@@H](C(=O)N[C@@H](C[C@@H]2CCNC2=O)C(N)=O)N(C(=O)c2cc3cccc(F)c3[nH]2)C1. The molecule has 4 amide bonds. The minimum Gasteiger partial charge on any atom is -0.368 e. The van der Waals surface area contributed by atoms with Crippen LogP contribution in [-0.2, 0) is 14.4 Å². The van der Waals surface area contributed by atoms with Gasteiger partial charge in [0.25, 0.3) is 5.91 Å². The molecule has 0 unspecified atom stereocenters. The highest BCUT2D eigenvalue weighted by Crippen LogP contribution is 2.30. The Kier molecular flexibility index (Phi) is 6.00. The third-order valence-electron chi connectivity index (χ3n) is 6.46. The number of hydrogen-bond acceptors (Lipinski definition) is 4. The lowest BCUT2D eigenvalue weighted by atomic mass is 9.97. The fraction of sp³-hybridized carbons (Fsp3) is 0.455. The van der Waals surface area contributed by atoms with Crippen molar-refractivity contribution in [1.29, 1.82) is 0 Å². The van der Waals surface area contributed by atoms with Crippen LogP contribution in [0.5, 0.6) is 0 Å². The van der Waals surface area contributed by atoms with Crippen LogP contribution < -0.4 is 16.4 Å². The zero-order chi connectivity index (χ0) is 23.9. The summed E-state index contributed by atoms with van der Waals surface area (Å²) in [4.78, 5) is 54.8. The highest BCUT2D eigenvalue weighted by Gasteiger charge is 2.46. The number of hydrogen-bond donors (Lipinski definition) is 4. The fourth-order valence-electron chi connectivity index (χ4n) is 4.77. The van der Waals surface area contributed by atoms with Crippen LogP contribution in [0, 0.1) is 11.7 Å². The number of aromatic amines is 1. The van der Waals surface area contributed by atoms with E-state index in [2.05, 4.69) is 28.7 Å². The first kappa shape index (κ1) is 23.0. The molecule has 3 heterocycles. The molecule has 0 bridgehead atoms. The average molecular weight is 474 g/mol. The van der Waals surface area contributed by atoms with Crippen LogP contribution in [0.1, 0.15) is 23.3 Å². The highest BCUT2D eigenvalue weighted by atomic mass is 28.3. The molecule has 2 aromatic rings. The second kappa shape index (κ2) is 8.62. The van der Waals surface area contributed by atoms with Crippen LogP contribution in [0.15, 0.2) is 24.3 Å². The maximum absolute atomic E-state index is 14.1. The van der Waals surface area contributed by atoms with Gasteiger partial charge >= 0.3 is 0 Å². The molecule has 1 aromatic carbocycles. The number of carbonyl (C=O) groups excluding carboxylic acids is 4. The number of fused-ring (bicyclic) bond motifs is 1. The van der Waals surface area contributed by atoms with Gasteiger partial charge in [-0.1, -0.05) is 25.2 Å². The molecule has 2 saturated heterocycles. The van der Waals surface area contributed by atoms with Crippen molar-refractivity contribution in [3.8, 4) is 0 Å². The summed E-state index contributed by atoms with van der Waals surface area (Å²) in [5, 5.41) is 5.96. The summed E-state index contributed by atoms with van der Waals surface area (Å²) in [5.74, 6) is -2.59. The smallest absolute Gasteiger partial charge is 0.270 e. The van der Waals surface area contributed by atoms with Gasteiger partial charge in [-0.2, -0.15) is 0 Å². The number of aromatic nitrogens is 1. The second-order valence-electron chi connectivity index (χ2n) is 9.68. The third kappa shape index (κ3) is 4.63. The maximum Gasteiger partial charge on any atom is 0.270 e. The van der Waals surface area contributed by atoms with Crippen LogP contribution in [0.3, 0.4) is 0 Å². The number of carbonyl (C=O) groups is 4. The number of para-hydroxylation sites is 1. The van der Waals surface area contributed by atoms with E-state index < -0.39 is 49.6 Å². The predicted octanol–water partition coefficient (Wildman–Crippen LogP) is 0.875. The van der Waals surface area contributed by atoms with E-state index in [1.807, 2.05) is 0 Å². The van der Waals surface area contributed by atoms with E-state index >= 15 is 0 Å². The van der Waals surface area contributed by atoms with Crippen molar-refractivity contribution in [2.24, 2.45) is 11.7 Å². The van der Waals surface area contributed by atoms with Gasteiger partial charge in [0.1, 0.15) is 23.6 Å². The first-order valence-corrected chi connectivity index (χ1v) is 14.4. The van der Waals surface area contributed by atoms with Gasteiger partial charge in [0, 0.05) is 24.0 Å². The number of halogens is 1. The zero-order valence-electron chi connectivity index (χ0n) is 18.6. The first-order valence-electron chi connectivity index (χ1n) is 11.0. The number of primary amides is 1. The van der Waals surface area contributed by atoms with E-state index in [-0.39, 0.29) is 23.5 Å². The molecule has 3 atom stereocenters. The van der Waals surface area contributed by atoms with Gasteiger partial charge in [-0.25, -0.2) is 4.39 Å². The molecule has 176 valence electrons. The van der Waals surface area contributed by atoms with E-state index in [1.165, 1.54) is 11.0 Å². The normalized spacial score (nSPS) is 22.9. The van der Waals surface area contributed by atoms with Crippen molar-refractivity contribution in [2.75, 3.05) is 12.7 Å². The Morgan fingerprint density at radius 3 is 2.73 bits per heavy atom. The fourth-order valence-corrected chi connectivity index (χ4v) is 7.64. The summed E-state index contributed by atoms with van der Waals surface area (Å²) in [7, 11) is -1.92. The monoisotopic (exact) mass is 473 g/mol. The van der Waals surface area contributed by atoms with Gasteiger partial charge in [0.05, 0.1) is 13.6 Å². The zero-order valence-corrected chi connectivity index (χ0v) is 19.6. The lowest BCUT2D eigenvalue weighted by Gasteiger charge is -2.26. The van der Waals surface area contributed by atoms with Crippen LogP contribution in [-0.4, -0.2) is 66.4 Å². The number of H-pyrrole nitrogens is 1. The van der Waals surface area contributed by atoms with Gasteiger partial charge in [0.15, 0.2) is 0 Å². The predicted molar refractivity (Wildman–Crippen MR) is 122 cm³/mol. The minimum absolute atomic E-state index is 0.121.